The summed E-state index contributed by atoms with van der Waals surface area (Å²) < 4.78 is 0. The Kier molecular flexibility index (Phi) is 5.46. The molecule has 0 aromatic carbocycles. The van der Waals surface area contributed by atoms with Crippen molar-refractivity contribution in [3.63, 3.8) is 0 Å². The number of hydrogen-bond acceptors (Lipinski definition) is 3. The second-order valence-electron chi connectivity index (χ2n) is 3.66. The van der Waals surface area contributed by atoms with Crippen LogP contribution in [0.5, 0.6) is 0 Å². The molecule has 0 saturated carbocycles. The van der Waals surface area contributed by atoms with E-state index in [-0.39, 0.29) is 0 Å². The lowest BCUT2D eigenvalue weighted by Crippen LogP contribution is -2.40. The maximum atomic E-state index is 9.14. The number of aliphatic hydroxyl groups is 2. The summed E-state index contributed by atoms with van der Waals surface area (Å²) in [6.07, 6.45) is 1.75. The molecular weight excluding hydrogens is 154 g/mol. The van der Waals surface area contributed by atoms with Gasteiger partial charge in [0.1, 0.15) is 0 Å². The predicted octanol–water partition coefficient (Wildman–Crippen LogP) is 0.713. The summed E-state index contributed by atoms with van der Waals surface area (Å²) in [6.45, 7) is 4.64. The van der Waals surface area contributed by atoms with Crippen molar-refractivity contribution in [1.82, 2.24) is 5.32 Å². The zero-order valence-electron chi connectivity index (χ0n) is 8.30. The third-order valence-electron chi connectivity index (χ3n) is 2.31. The first-order chi connectivity index (χ1) is 5.56. The van der Waals surface area contributed by atoms with Gasteiger partial charge in [0.2, 0.25) is 0 Å². The summed E-state index contributed by atoms with van der Waals surface area (Å²) in [6, 6.07) is 0. The molecule has 1 unspecified atom stereocenters. The fourth-order valence-electron chi connectivity index (χ4n) is 1.29. The van der Waals surface area contributed by atoms with Crippen LogP contribution in [0.3, 0.4) is 0 Å². The van der Waals surface area contributed by atoms with Gasteiger partial charge in [0.15, 0.2) is 6.29 Å². The third kappa shape index (κ3) is 3.52. The van der Waals surface area contributed by atoms with Gasteiger partial charge in [-0.15, -0.1) is 0 Å². The molecule has 74 valence electrons. The Morgan fingerprint density at radius 3 is 2.33 bits per heavy atom. The van der Waals surface area contributed by atoms with Crippen molar-refractivity contribution < 1.29 is 10.2 Å². The van der Waals surface area contributed by atoms with Crippen molar-refractivity contribution in [2.24, 2.45) is 5.41 Å². The average Bonchev–Trinajstić information content (AvgIpc) is 2.01. The minimum Gasteiger partial charge on any atom is -0.368 e. The molecule has 3 N–H and O–H groups in total. The molecular formula is C9H21NO2. The van der Waals surface area contributed by atoms with E-state index in [2.05, 4.69) is 12.2 Å². The summed E-state index contributed by atoms with van der Waals surface area (Å²) in [5.41, 5.74) is -0.398. The van der Waals surface area contributed by atoms with E-state index in [1.807, 2.05) is 14.0 Å². The quantitative estimate of drug-likeness (QED) is 0.521. The Morgan fingerprint density at radius 2 is 2.00 bits per heavy atom. The zero-order valence-corrected chi connectivity index (χ0v) is 8.30. The molecule has 0 aliphatic heterocycles. The molecule has 12 heavy (non-hydrogen) atoms. The summed E-state index contributed by atoms with van der Waals surface area (Å²) >= 11 is 0. The van der Waals surface area contributed by atoms with Gasteiger partial charge in [0.05, 0.1) is 0 Å². The minimum atomic E-state index is -1.23. The lowest BCUT2D eigenvalue weighted by Gasteiger charge is -2.31. The smallest absolute Gasteiger partial charge is 0.158 e. The highest BCUT2D eigenvalue weighted by Gasteiger charge is 2.30. The summed E-state index contributed by atoms with van der Waals surface area (Å²) in [7, 11) is 1.83. The second-order valence-corrected chi connectivity index (χ2v) is 3.66. The Labute approximate surface area is 74.8 Å². The average molecular weight is 175 g/mol. The highest BCUT2D eigenvalue weighted by Crippen LogP contribution is 2.26. The fraction of sp³-hybridized carbons (Fsp3) is 1.00. The normalized spacial score (nSPS) is 16.5. The maximum Gasteiger partial charge on any atom is 0.158 e. The first kappa shape index (κ1) is 11.9. The molecule has 0 fully saturated rings. The third-order valence-corrected chi connectivity index (χ3v) is 2.31. The Bertz CT molecular complexity index is 117. The highest BCUT2D eigenvalue weighted by molar-refractivity contribution is 4.77. The van der Waals surface area contributed by atoms with Crippen LogP contribution < -0.4 is 5.32 Å². The van der Waals surface area contributed by atoms with E-state index in [9.17, 15) is 0 Å². The van der Waals surface area contributed by atoms with Gasteiger partial charge in [-0.3, -0.25) is 0 Å². The molecule has 0 bridgehead atoms. The van der Waals surface area contributed by atoms with Crippen LogP contribution in [0.4, 0.5) is 0 Å². The van der Waals surface area contributed by atoms with E-state index >= 15 is 0 Å². The Morgan fingerprint density at radius 1 is 1.42 bits per heavy atom. The van der Waals surface area contributed by atoms with Gasteiger partial charge in [-0.1, -0.05) is 26.7 Å². The molecule has 0 aromatic heterocycles. The van der Waals surface area contributed by atoms with E-state index in [0.717, 1.165) is 19.3 Å². The lowest BCUT2D eigenvalue weighted by atomic mass is 9.84. The van der Waals surface area contributed by atoms with Crippen molar-refractivity contribution in [2.75, 3.05) is 13.6 Å². The molecule has 0 heterocycles. The largest absolute Gasteiger partial charge is 0.368 e. The number of rotatable bonds is 6. The molecule has 0 saturated heterocycles. The molecule has 0 aliphatic rings. The van der Waals surface area contributed by atoms with Crippen molar-refractivity contribution in [2.45, 2.75) is 39.4 Å². The van der Waals surface area contributed by atoms with Crippen molar-refractivity contribution >= 4 is 0 Å². The molecule has 0 rings (SSSR count). The van der Waals surface area contributed by atoms with Gasteiger partial charge in [0, 0.05) is 12.0 Å². The molecule has 0 radical (unpaired) electrons. The van der Waals surface area contributed by atoms with Crippen molar-refractivity contribution in [1.29, 1.82) is 0 Å². The van der Waals surface area contributed by atoms with Crippen LogP contribution in [0.15, 0.2) is 0 Å². The molecule has 3 nitrogen and oxygen atoms in total. The van der Waals surface area contributed by atoms with E-state index < -0.39 is 11.7 Å². The van der Waals surface area contributed by atoms with Crippen molar-refractivity contribution in [3.8, 4) is 0 Å². The van der Waals surface area contributed by atoms with Crippen LogP contribution in [0.1, 0.15) is 33.1 Å². The van der Waals surface area contributed by atoms with Crippen LogP contribution in [0.2, 0.25) is 0 Å². The number of nitrogens with one attached hydrogen (secondary N) is 1. The Balaban J connectivity index is 3.99. The summed E-state index contributed by atoms with van der Waals surface area (Å²) in [4.78, 5) is 0. The number of hydrogen-bond donors (Lipinski definition) is 3. The standard InChI is InChI=1S/C9H21NO2/c1-4-5-6-9(2,7-10-3)8(11)12/h8,10-12H,4-7H2,1-3H3. The van der Waals surface area contributed by atoms with Crippen LogP contribution >= 0.6 is 0 Å². The molecule has 0 amide bonds. The lowest BCUT2D eigenvalue weighted by molar-refractivity contribution is -0.130. The molecule has 0 aliphatic carbocycles. The first-order valence-electron chi connectivity index (χ1n) is 4.57. The summed E-state index contributed by atoms with van der Waals surface area (Å²) in [5, 5.41) is 21.3. The van der Waals surface area contributed by atoms with E-state index in [4.69, 9.17) is 10.2 Å². The zero-order chi connectivity index (χ0) is 9.61. The fourth-order valence-corrected chi connectivity index (χ4v) is 1.29. The van der Waals surface area contributed by atoms with E-state index in [1.165, 1.54) is 0 Å². The first-order valence-corrected chi connectivity index (χ1v) is 4.57. The monoisotopic (exact) mass is 175 g/mol. The van der Waals surface area contributed by atoms with Gasteiger partial charge in [-0.2, -0.15) is 0 Å². The SMILES string of the molecule is CCCCC(C)(CNC)C(O)O. The molecule has 0 aromatic rings. The maximum absolute atomic E-state index is 9.14. The van der Waals surface area contributed by atoms with E-state index in [0.29, 0.717) is 6.54 Å². The Hall–Kier alpha value is -0.120. The molecule has 0 spiro atoms. The van der Waals surface area contributed by atoms with Crippen LogP contribution in [-0.2, 0) is 0 Å². The predicted molar refractivity (Wildman–Crippen MR) is 49.8 cm³/mol. The molecule has 3 heteroatoms. The number of aliphatic hydroxyl groups excluding tert-OH is 1. The summed E-state index contributed by atoms with van der Waals surface area (Å²) in [5.74, 6) is 0. The van der Waals surface area contributed by atoms with Crippen LogP contribution in [-0.4, -0.2) is 30.1 Å². The van der Waals surface area contributed by atoms with Gasteiger partial charge in [-0.25, -0.2) is 0 Å². The van der Waals surface area contributed by atoms with Crippen molar-refractivity contribution in [3.05, 3.63) is 0 Å². The highest BCUT2D eigenvalue weighted by atomic mass is 16.5. The van der Waals surface area contributed by atoms with E-state index in [1.54, 1.807) is 0 Å². The van der Waals surface area contributed by atoms with Gasteiger partial charge in [-0.05, 0) is 13.5 Å². The number of unbranched alkanes of at least 4 members (excludes halogenated alkanes) is 1. The second kappa shape index (κ2) is 5.51. The van der Waals surface area contributed by atoms with Gasteiger partial charge in [0.25, 0.3) is 0 Å². The molecule has 1 atom stereocenters. The minimum absolute atomic E-state index is 0.398. The van der Waals surface area contributed by atoms with Gasteiger partial charge < -0.3 is 15.5 Å². The van der Waals surface area contributed by atoms with Crippen LogP contribution in [0.25, 0.3) is 0 Å². The van der Waals surface area contributed by atoms with Crippen LogP contribution in [0, 0.1) is 5.41 Å². The van der Waals surface area contributed by atoms with Gasteiger partial charge >= 0.3 is 0 Å². The topological polar surface area (TPSA) is 52.5 Å².